The number of ether oxygens (including phenoxy) is 2. The monoisotopic (exact) mass is 491 g/mol. The summed E-state index contributed by atoms with van der Waals surface area (Å²) in [5.74, 6) is -0.746. The molecule has 4 aromatic rings. The van der Waals surface area contributed by atoms with Crippen LogP contribution in [0.1, 0.15) is 22.3 Å². The fraction of sp³-hybridized carbons (Fsp3) is 0.148. The Morgan fingerprint density at radius 3 is 2.31 bits per heavy atom. The van der Waals surface area contributed by atoms with Crippen molar-refractivity contribution >= 4 is 34.6 Å². The summed E-state index contributed by atoms with van der Waals surface area (Å²) < 4.78 is 15.8. The summed E-state index contributed by atoms with van der Waals surface area (Å²) in [4.78, 5) is 36.7. The van der Waals surface area contributed by atoms with Crippen molar-refractivity contribution in [1.82, 2.24) is 5.32 Å². The van der Waals surface area contributed by atoms with Crippen molar-refractivity contribution in [3.8, 4) is 5.75 Å². The highest BCUT2D eigenvalue weighted by atomic mass is 35.5. The van der Waals surface area contributed by atoms with Gasteiger partial charge in [-0.3, -0.25) is 0 Å². The Balaban J connectivity index is 1.42. The molecule has 0 atom stereocenters. The van der Waals surface area contributed by atoms with Crippen LogP contribution in [0.3, 0.4) is 0 Å². The summed E-state index contributed by atoms with van der Waals surface area (Å²) in [5, 5.41) is 3.13. The molecule has 3 aromatic carbocycles. The molecule has 7 nitrogen and oxygen atoms in total. The number of amides is 1. The van der Waals surface area contributed by atoms with E-state index in [1.54, 1.807) is 6.07 Å². The van der Waals surface area contributed by atoms with Crippen molar-refractivity contribution in [3.63, 3.8) is 0 Å². The number of esters is 1. The first-order valence-corrected chi connectivity index (χ1v) is 11.2. The SMILES string of the molecule is Cc1c(Cc2ccccc2)c(=O)oc2cc(OC(=O)CNC(=O)OCc3ccccc3)c(Cl)cc12. The minimum atomic E-state index is -0.761. The van der Waals surface area contributed by atoms with E-state index in [9.17, 15) is 14.4 Å². The van der Waals surface area contributed by atoms with Gasteiger partial charge in [-0.1, -0.05) is 72.3 Å². The molecule has 1 heterocycles. The number of hydrogen-bond acceptors (Lipinski definition) is 6. The lowest BCUT2D eigenvalue weighted by molar-refractivity contribution is -0.133. The van der Waals surface area contributed by atoms with Gasteiger partial charge in [0.2, 0.25) is 0 Å². The molecular formula is C27H22ClNO6. The molecule has 1 aromatic heterocycles. The molecule has 0 aliphatic carbocycles. The van der Waals surface area contributed by atoms with Crippen molar-refractivity contribution < 1.29 is 23.5 Å². The van der Waals surface area contributed by atoms with Gasteiger partial charge in [-0.05, 0) is 29.7 Å². The molecule has 0 spiro atoms. The minimum absolute atomic E-state index is 0.0157. The van der Waals surface area contributed by atoms with Gasteiger partial charge in [0, 0.05) is 23.4 Å². The summed E-state index contributed by atoms with van der Waals surface area (Å²) in [6.45, 7) is 1.47. The van der Waals surface area contributed by atoms with Crippen molar-refractivity contribution in [2.45, 2.75) is 20.0 Å². The van der Waals surface area contributed by atoms with Crippen LogP contribution >= 0.6 is 11.6 Å². The van der Waals surface area contributed by atoms with Crippen LogP contribution in [0.25, 0.3) is 11.0 Å². The van der Waals surface area contributed by atoms with Crippen molar-refractivity contribution in [2.24, 2.45) is 0 Å². The van der Waals surface area contributed by atoms with Crippen LogP contribution in [-0.4, -0.2) is 18.6 Å². The van der Waals surface area contributed by atoms with Gasteiger partial charge in [0.15, 0.2) is 5.75 Å². The van der Waals surface area contributed by atoms with Gasteiger partial charge in [-0.2, -0.15) is 0 Å². The molecule has 4 rings (SSSR count). The molecule has 35 heavy (non-hydrogen) atoms. The van der Waals surface area contributed by atoms with Crippen molar-refractivity contribution in [3.05, 3.63) is 110 Å². The fourth-order valence-corrected chi connectivity index (χ4v) is 3.75. The van der Waals surface area contributed by atoms with E-state index in [0.29, 0.717) is 17.4 Å². The zero-order chi connectivity index (χ0) is 24.8. The van der Waals surface area contributed by atoms with Crippen LogP contribution in [0.4, 0.5) is 4.79 Å². The molecule has 1 N–H and O–H groups in total. The van der Waals surface area contributed by atoms with E-state index in [1.807, 2.05) is 67.6 Å². The predicted molar refractivity (Wildman–Crippen MR) is 132 cm³/mol. The van der Waals surface area contributed by atoms with Crippen LogP contribution in [0, 0.1) is 6.92 Å². The van der Waals surface area contributed by atoms with Crippen molar-refractivity contribution in [1.29, 1.82) is 0 Å². The standard InChI is InChI=1S/C27H22ClNO6/c1-17-20-13-22(28)24(14-23(20)35-26(31)21(17)12-18-8-4-2-5-9-18)34-25(30)15-29-27(32)33-16-19-10-6-3-7-11-19/h2-11,13-14H,12,15-16H2,1H3,(H,29,32). The molecule has 0 fully saturated rings. The second-order valence-corrected chi connectivity index (χ2v) is 8.23. The van der Waals surface area contributed by atoms with Gasteiger partial charge in [0.05, 0.1) is 5.02 Å². The maximum absolute atomic E-state index is 12.6. The third-order valence-corrected chi connectivity index (χ3v) is 5.67. The average Bonchev–Trinajstić information content (AvgIpc) is 2.86. The Morgan fingerprint density at radius 1 is 0.971 bits per heavy atom. The molecule has 0 saturated heterocycles. The summed E-state index contributed by atoms with van der Waals surface area (Å²) in [6, 6.07) is 21.7. The lowest BCUT2D eigenvalue weighted by atomic mass is 9.99. The van der Waals surface area contributed by atoms with Gasteiger partial charge in [-0.15, -0.1) is 0 Å². The third-order valence-electron chi connectivity index (χ3n) is 5.38. The number of rotatable bonds is 7. The smallest absolute Gasteiger partial charge is 0.407 e. The van der Waals surface area contributed by atoms with Gasteiger partial charge >= 0.3 is 17.7 Å². The summed E-state index contributed by atoms with van der Waals surface area (Å²) in [5.41, 5.74) is 2.84. The molecular weight excluding hydrogens is 470 g/mol. The van der Waals surface area contributed by atoms with Crippen LogP contribution < -0.4 is 15.7 Å². The summed E-state index contributed by atoms with van der Waals surface area (Å²) >= 11 is 6.34. The highest BCUT2D eigenvalue weighted by Gasteiger charge is 2.17. The average molecular weight is 492 g/mol. The Kier molecular flexibility index (Phi) is 7.48. The molecule has 8 heteroatoms. The van der Waals surface area contributed by atoms with Crippen LogP contribution in [0.2, 0.25) is 5.02 Å². The quantitative estimate of drug-likeness (QED) is 0.217. The maximum Gasteiger partial charge on any atom is 0.407 e. The first-order valence-electron chi connectivity index (χ1n) is 10.9. The number of fused-ring (bicyclic) bond motifs is 1. The maximum atomic E-state index is 12.6. The summed E-state index contributed by atoms with van der Waals surface area (Å²) in [7, 11) is 0. The van der Waals surface area contributed by atoms with E-state index in [2.05, 4.69) is 5.32 Å². The fourth-order valence-electron chi connectivity index (χ4n) is 3.55. The zero-order valence-corrected chi connectivity index (χ0v) is 19.6. The lowest BCUT2D eigenvalue weighted by Crippen LogP contribution is -2.32. The number of nitrogens with one attached hydrogen (secondary N) is 1. The molecule has 0 unspecified atom stereocenters. The van der Waals surface area contributed by atoms with Gasteiger partial charge in [0.1, 0.15) is 18.7 Å². The molecule has 0 aliphatic heterocycles. The van der Waals surface area contributed by atoms with E-state index < -0.39 is 24.2 Å². The van der Waals surface area contributed by atoms with Gasteiger partial charge in [0.25, 0.3) is 0 Å². The van der Waals surface area contributed by atoms with Gasteiger partial charge in [-0.25, -0.2) is 14.4 Å². The van der Waals surface area contributed by atoms with E-state index in [0.717, 1.165) is 16.7 Å². The first-order chi connectivity index (χ1) is 16.9. The normalized spacial score (nSPS) is 10.7. The van der Waals surface area contributed by atoms with Gasteiger partial charge < -0.3 is 19.2 Å². The first kappa shape index (κ1) is 24.0. The number of aryl methyl sites for hydroxylation is 1. The molecule has 0 saturated carbocycles. The number of hydrogen-bond donors (Lipinski definition) is 1. The third kappa shape index (κ3) is 6.07. The number of halogens is 1. The highest BCUT2D eigenvalue weighted by molar-refractivity contribution is 6.33. The lowest BCUT2D eigenvalue weighted by Gasteiger charge is -2.11. The number of benzene rings is 3. The second kappa shape index (κ2) is 10.9. The number of alkyl carbamates (subject to hydrolysis) is 1. The topological polar surface area (TPSA) is 94.8 Å². The van der Waals surface area contributed by atoms with Crippen LogP contribution in [-0.2, 0) is 22.6 Å². The van der Waals surface area contributed by atoms with E-state index in [4.69, 9.17) is 25.5 Å². The Labute approximate surface area is 206 Å². The number of carbonyl (C=O) groups excluding carboxylic acids is 2. The molecule has 178 valence electrons. The highest BCUT2D eigenvalue weighted by Crippen LogP contribution is 2.32. The Morgan fingerprint density at radius 2 is 1.63 bits per heavy atom. The van der Waals surface area contributed by atoms with Crippen LogP contribution in [0.15, 0.2) is 82.0 Å². The predicted octanol–water partition coefficient (Wildman–Crippen LogP) is 5.18. The summed E-state index contributed by atoms with van der Waals surface area (Å²) in [6.07, 6.45) is -0.339. The minimum Gasteiger partial charge on any atom is -0.445 e. The van der Waals surface area contributed by atoms with Crippen LogP contribution in [0.5, 0.6) is 5.75 Å². The van der Waals surface area contributed by atoms with E-state index in [-0.39, 0.29) is 23.0 Å². The Bertz CT molecular complexity index is 1420. The molecule has 0 bridgehead atoms. The molecule has 0 radical (unpaired) electrons. The van der Waals surface area contributed by atoms with E-state index >= 15 is 0 Å². The number of carbonyl (C=O) groups is 2. The van der Waals surface area contributed by atoms with E-state index in [1.165, 1.54) is 6.07 Å². The second-order valence-electron chi connectivity index (χ2n) is 7.82. The Hall–Kier alpha value is -4.10. The molecule has 1 amide bonds. The molecule has 0 aliphatic rings. The largest absolute Gasteiger partial charge is 0.445 e. The van der Waals surface area contributed by atoms with Crippen molar-refractivity contribution in [2.75, 3.05) is 6.54 Å². The zero-order valence-electron chi connectivity index (χ0n) is 18.9.